The van der Waals surface area contributed by atoms with E-state index in [1.165, 1.54) is 12.1 Å². The first kappa shape index (κ1) is 17.5. The summed E-state index contributed by atoms with van der Waals surface area (Å²) in [6.07, 6.45) is 0. The van der Waals surface area contributed by atoms with E-state index in [1.807, 2.05) is 0 Å². The second kappa shape index (κ2) is 6.95. The Bertz CT molecular complexity index is 697. The molecule has 2 aromatic rings. The number of nitrogens with two attached hydrogens (primary N) is 2. The van der Waals surface area contributed by atoms with Gasteiger partial charge in [0.1, 0.15) is 5.69 Å². The van der Waals surface area contributed by atoms with Crippen molar-refractivity contribution in [2.75, 3.05) is 16.8 Å². The highest BCUT2D eigenvalue weighted by Gasteiger charge is 2.20. The third-order valence-electron chi connectivity index (χ3n) is 3.13. The van der Waals surface area contributed by atoms with E-state index in [0.717, 1.165) is 6.07 Å². The minimum absolute atomic E-state index is 0. The molecule has 2 aromatic carbocycles. The maximum absolute atomic E-state index is 13.8. The van der Waals surface area contributed by atoms with Crippen molar-refractivity contribution in [2.45, 2.75) is 13.0 Å². The van der Waals surface area contributed by atoms with Gasteiger partial charge < -0.3 is 16.8 Å². The average molecular weight is 327 g/mol. The van der Waals surface area contributed by atoms with Crippen LogP contribution in [0.1, 0.15) is 18.5 Å². The number of hydrogen-bond acceptors (Lipinski definition) is 5. The summed E-state index contributed by atoms with van der Waals surface area (Å²) in [5.41, 5.74) is 12.7. The summed E-state index contributed by atoms with van der Waals surface area (Å²) < 4.78 is 13.8. The van der Waals surface area contributed by atoms with E-state index >= 15 is 0 Å². The molecule has 0 saturated carbocycles. The fourth-order valence-electron chi connectivity index (χ4n) is 2.07. The van der Waals surface area contributed by atoms with Crippen molar-refractivity contribution in [3.8, 4) is 0 Å². The van der Waals surface area contributed by atoms with Gasteiger partial charge in [0.2, 0.25) is 0 Å². The summed E-state index contributed by atoms with van der Waals surface area (Å²) in [7, 11) is 0. The molecule has 0 aliphatic heterocycles. The number of nitrogens with one attached hydrogen (secondary N) is 1. The topological polar surface area (TPSA) is 107 Å². The van der Waals surface area contributed by atoms with Gasteiger partial charge in [0.15, 0.2) is 5.82 Å². The van der Waals surface area contributed by atoms with Crippen molar-refractivity contribution >= 4 is 35.2 Å². The minimum atomic E-state index is -0.696. The molecule has 0 aliphatic rings. The summed E-state index contributed by atoms with van der Waals surface area (Å²) in [5.74, 6) is -0.696. The van der Waals surface area contributed by atoms with Crippen LogP contribution in [-0.2, 0) is 0 Å². The number of para-hydroxylation sites is 1. The second-order valence-corrected chi connectivity index (χ2v) is 4.65. The molecule has 5 N–H and O–H groups in total. The summed E-state index contributed by atoms with van der Waals surface area (Å²) in [5, 5.41) is 13.8. The molecule has 0 aromatic heterocycles. The third-order valence-corrected chi connectivity index (χ3v) is 3.13. The zero-order valence-electron chi connectivity index (χ0n) is 11.7. The maximum Gasteiger partial charge on any atom is 0.295 e. The van der Waals surface area contributed by atoms with Gasteiger partial charge in [-0.3, -0.25) is 10.1 Å². The van der Waals surface area contributed by atoms with Gasteiger partial charge in [-0.25, -0.2) is 4.39 Å². The van der Waals surface area contributed by atoms with Crippen LogP contribution in [0.5, 0.6) is 0 Å². The summed E-state index contributed by atoms with van der Waals surface area (Å²) in [6.45, 7) is 1.72. The number of nitro groups is 1. The quantitative estimate of drug-likeness (QED) is 0.453. The Kier molecular flexibility index (Phi) is 5.53. The molecule has 6 nitrogen and oxygen atoms in total. The minimum Gasteiger partial charge on any atom is -0.399 e. The largest absolute Gasteiger partial charge is 0.399 e. The van der Waals surface area contributed by atoms with Crippen LogP contribution in [0.15, 0.2) is 36.4 Å². The Morgan fingerprint density at radius 1 is 1.27 bits per heavy atom. The van der Waals surface area contributed by atoms with E-state index in [2.05, 4.69) is 5.32 Å². The van der Waals surface area contributed by atoms with Crippen LogP contribution in [0.25, 0.3) is 0 Å². The molecule has 1 atom stereocenters. The van der Waals surface area contributed by atoms with E-state index in [9.17, 15) is 14.5 Å². The lowest BCUT2D eigenvalue weighted by Crippen LogP contribution is -2.12. The predicted molar refractivity (Wildman–Crippen MR) is 87.6 cm³/mol. The van der Waals surface area contributed by atoms with Gasteiger partial charge in [0, 0.05) is 17.4 Å². The summed E-state index contributed by atoms with van der Waals surface area (Å²) >= 11 is 0. The highest BCUT2D eigenvalue weighted by atomic mass is 35.5. The Morgan fingerprint density at radius 2 is 1.95 bits per heavy atom. The smallest absolute Gasteiger partial charge is 0.295 e. The van der Waals surface area contributed by atoms with Crippen LogP contribution in [-0.4, -0.2) is 4.92 Å². The first-order valence-corrected chi connectivity index (χ1v) is 6.24. The van der Waals surface area contributed by atoms with Gasteiger partial charge in [-0.2, -0.15) is 0 Å². The van der Waals surface area contributed by atoms with Crippen LogP contribution in [0.2, 0.25) is 0 Å². The maximum atomic E-state index is 13.8. The summed E-state index contributed by atoms with van der Waals surface area (Å²) in [6, 6.07) is 8.18. The first-order valence-electron chi connectivity index (χ1n) is 6.24. The van der Waals surface area contributed by atoms with E-state index in [-0.39, 0.29) is 23.8 Å². The normalized spacial score (nSPS) is 11.4. The molecular weight excluding hydrogens is 311 g/mol. The van der Waals surface area contributed by atoms with Crippen molar-refractivity contribution < 1.29 is 9.31 Å². The van der Waals surface area contributed by atoms with E-state index in [4.69, 9.17) is 11.5 Å². The molecule has 118 valence electrons. The molecule has 1 unspecified atom stereocenters. The Morgan fingerprint density at radius 3 is 2.59 bits per heavy atom. The zero-order valence-corrected chi connectivity index (χ0v) is 12.6. The van der Waals surface area contributed by atoms with Crippen LogP contribution in [0, 0.1) is 15.9 Å². The van der Waals surface area contributed by atoms with Gasteiger partial charge in [-0.15, -0.1) is 12.4 Å². The lowest BCUT2D eigenvalue weighted by Gasteiger charge is -2.18. The van der Waals surface area contributed by atoms with Crippen molar-refractivity contribution in [3.05, 3.63) is 57.9 Å². The van der Waals surface area contributed by atoms with E-state index in [1.54, 1.807) is 25.1 Å². The fraction of sp³-hybridized carbons (Fsp3) is 0.143. The number of halogens is 2. The van der Waals surface area contributed by atoms with Gasteiger partial charge >= 0.3 is 0 Å². The van der Waals surface area contributed by atoms with E-state index < -0.39 is 16.8 Å². The molecule has 0 radical (unpaired) electrons. The van der Waals surface area contributed by atoms with Crippen LogP contribution in [0.4, 0.5) is 27.1 Å². The highest BCUT2D eigenvalue weighted by molar-refractivity contribution is 5.85. The molecule has 0 bridgehead atoms. The molecule has 0 aliphatic carbocycles. The molecule has 0 saturated heterocycles. The monoisotopic (exact) mass is 326 g/mol. The molecular formula is C14H16ClFN4O2. The lowest BCUT2D eigenvalue weighted by atomic mass is 10.0. The van der Waals surface area contributed by atoms with Crippen molar-refractivity contribution in [1.29, 1.82) is 0 Å². The number of rotatable bonds is 4. The molecule has 0 fully saturated rings. The summed E-state index contributed by atoms with van der Waals surface area (Å²) in [4.78, 5) is 10.3. The van der Waals surface area contributed by atoms with Gasteiger partial charge in [0.05, 0.1) is 11.0 Å². The van der Waals surface area contributed by atoms with Gasteiger partial charge in [-0.1, -0.05) is 6.07 Å². The molecule has 2 rings (SSSR count). The van der Waals surface area contributed by atoms with Crippen LogP contribution in [0.3, 0.4) is 0 Å². The lowest BCUT2D eigenvalue weighted by molar-refractivity contribution is -0.384. The van der Waals surface area contributed by atoms with Crippen molar-refractivity contribution in [2.24, 2.45) is 0 Å². The Balaban J connectivity index is 0.00000242. The zero-order chi connectivity index (χ0) is 15.6. The molecule has 0 spiro atoms. The second-order valence-electron chi connectivity index (χ2n) is 4.65. The Hall–Kier alpha value is -2.54. The fourth-order valence-corrected chi connectivity index (χ4v) is 2.07. The average Bonchev–Trinajstić information content (AvgIpc) is 2.43. The SMILES string of the molecule is CC(Nc1c(F)cccc1[N+](=O)[O-])c1cc(N)ccc1N.Cl. The number of anilines is 3. The molecule has 22 heavy (non-hydrogen) atoms. The van der Waals surface area contributed by atoms with E-state index in [0.29, 0.717) is 16.9 Å². The van der Waals surface area contributed by atoms with Crippen LogP contribution >= 0.6 is 12.4 Å². The number of nitro benzene ring substituents is 1. The van der Waals surface area contributed by atoms with Crippen LogP contribution < -0.4 is 16.8 Å². The van der Waals surface area contributed by atoms with Crippen molar-refractivity contribution in [1.82, 2.24) is 0 Å². The molecule has 8 heteroatoms. The van der Waals surface area contributed by atoms with Gasteiger partial charge in [0.25, 0.3) is 5.69 Å². The van der Waals surface area contributed by atoms with Crippen molar-refractivity contribution in [3.63, 3.8) is 0 Å². The highest BCUT2D eigenvalue weighted by Crippen LogP contribution is 2.32. The molecule has 0 amide bonds. The third kappa shape index (κ3) is 3.56. The standard InChI is InChI=1S/C14H15FN4O2.ClH/c1-8(10-7-9(16)5-6-12(10)17)18-14-11(15)3-2-4-13(14)19(20)21;/h2-8,18H,16-17H2,1H3;1H. The number of benzene rings is 2. The molecule has 0 heterocycles. The number of nitrogen functional groups attached to an aromatic ring is 2. The van der Waals surface area contributed by atoms with Gasteiger partial charge in [-0.05, 0) is 36.8 Å². The first-order chi connectivity index (χ1) is 9.90. The predicted octanol–water partition coefficient (Wildman–Crippen LogP) is 3.49. The Labute approximate surface area is 132 Å². The number of hydrogen-bond donors (Lipinski definition) is 3. The number of nitrogens with zero attached hydrogens (tertiary/aromatic N) is 1.